The summed E-state index contributed by atoms with van der Waals surface area (Å²) in [6.45, 7) is 4.73. The van der Waals surface area contributed by atoms with Crippen LogP contribution in [0.3, 0.4) is 0 Å². The first-order valence-electron chi connectivity index (χ1n) is 6.77. The molecule has 0 radical (unpaired) electrons. The van der Waals surface area contributed by atoms with Gasteiger partial charge < -0.3 is 4.74 Å². The highest BCUT2D eigenvalue weighted by Crippen LogP contribution is 2.24. The lowest BCUT2D eigenvalue weighted by Gasteiger charge is -2.37. The van der Waals surface area contributed by atoms with Gasteiger partial charge >= 0.3 is 0 Å². The quantitative estimate of drug-likeness (QED) is 0.802. The number of morpholine rings is 1. The Labute approximate surface area is 125 Å². The number of sulfonamides is 1. The van der Waals surface area contributed by atoms with Crippen molar-refractivity contribution in [2.45, 2.75) is 43.2 Å². The smallest absolute Gasteiger partial charge is 0.243 e. The molecule has 0 aromatic heterocycles. The van der Waals surface area contributed by atoms with E-state index in [1.807, 2.05) is 13.8 Å². The fraction of sp³-hybridized carbons (Fsp3) is 0.571. The lowest BCUT2D eigenvalue weighted by Crippen LogP contribution is -2.51. The second kappa shape index (κ2) is 6.43. The van der Waals surface area contributed by atoms with Crippen LogP contribution in [0.2, 0.25) is 0 Å². The van der Waals surface area contributed by atoms with E-state index in [4.69, 9.17) is 16.3 Å². The zero-order chi connectivity index (χ0) is 14.8. The monoisotopic (exact) mass is 317 g/mol. The molecule has 0 spiro atoms. The molecule has 1 aromatic rings. The van der Waals surface area contributed by atoms with Crippen molar-refractivity contribution in [1.82, 2.24) is 4.31 Å². The number of nitrogens with zero attached hydrogens (tertiary/aromatic N) is 1. The van der Waals surface area contributed by atoms with Crippen LogP contribution in [-0.4, -0.2) is 38.0 Å². The predicted molar refractivity (Wildman–Crippen MR) is 79.4 cm³/mol. The summed E-state index contributed by atoms with van der Waals surface area (Å²) in [5, 5.41) is 0. The van der Waals surface area contributed by atoms with Gasteiger partial charge in [0.05, 0.1) is 17.6 Å². The average Bonchev–Trinajstić information content (AvgIpc) is 2.47. The maximum absolute atomic E-state index is 12.7. The van der Waals surface area contributed by atoms with Crippen molar-refractivity contribution in [3.63, 3.8) is 0 Å². The van der Waals surface area contributed by atoms with Crippen molar-refractivity contribution in [2.75, 3.05) is 13.2 Å². The molecule has 0 amide bonds. The molecule has 6 heteroatoms. The molecule has 0 N–H and O–H groups in total. The Morgan fingerprint density at radius 3 is 2.55 bits per heavy atom. The van der Waals surface area contributed by atoms with Gasteiger partial charge in [0, 0.05) is 18.5 Å². The molecule has 1 saturated heterocycles. The summed E-state index contributed by atoms with van der Waals surface area (Å²) in [5.74, 6) is 0.381. The first-order chi connectivity index (χ1) is 9.48. The normalized spacial score (nSPS) is 24.8. The Morgan fingerprint density at radius 1 is 1.35 bits per heavy atom. The van der Waals surface area contributed by atoms with Gasteiger partial charge in [0.25, 0.3) is 0 Å². The SMILES string of the molecule is CCC1COC(C)CN1S(=O)(=O)c1ccc(CCl)cc1. The van der Waals surface area contributed by atoms with E-state index in [0.717, 1.165) is 12.0 Å². The van der Waals surface area contributed by atoms with Crippen LogP contribution >= 0.6 is 11.6 Å². The summed E-state index contributed by atoms with van der Waals surface area (Å²) < 4.78 is 32.6. The summed E-state index contributed by atoms with van der Waals surface area (Å²) in [7, 11) is -3.47. The second-order valence-electron chi connectivity index (χ2n) is 5.06. The number of rotatable bonds is 4. The average molecular weight is 318 g/mol. The van der Waals surface area contributed by atoms with Crippen molar-refractivity contribution >= 4 is 21.6 Å². The minimum atomic E-state index is -3.47. The molecule has 2 rings (SSSR count). The van der Waals surface area contributed by atoms with E-state index in [2.05, 4.69) is 0 Å². The molecule has 4 nitrogen and oxygen atoms in total. The van der Waals surface area contributed by atoms with Crippen LogP contribution in [0.4, 0.5) is 0 Å². The zero-order valence-electron chi connectivity index (χ0n) is 11.8. The number of benzene rings is 1. The van der Waals surface area contributed by atoms with Gasteiger partial charge in [-0.1, -0.05) is 19.1 Å². The third kappa shape index (κ3) is 3.17. The standard InChI is InChI=1S/C14H20ClNO3S/c1-3-13-10-19-11(2)9-16(13)20(17,18)14-6-4-12(8-15)5-7-14/h4-7,11,13H,3,8-10H2,1-2H3. The Hall–Kier alpha value is -0.620. The van der Waals surface area contributed by atoms with Crippen molar-refractivity contribution in [3.8, 4) is 0 Å². The third-order valence-corrected chi connectivity index (χ3v) is 5.81. The Kier molecular flexibility index (Phi) is 5.07. The molecule has 2 atom stereocenters. The molecule has 2 unspecified atom stereocenters. The molecule has 20 heavy (non-hydrogen) atoms. The van der Waals surface area contributed by atoms with Crippen molar-refractivity contribution < 1.29 is 13.2 Å². The maximum Gasteiger partial charge on any atom is 0.243 e. The minimum absolute atomic E-state index is 0.0744. The predicted octanol–water partition coefficient (Wildman–Crippen LogP) is 2.61. The van der Waals surface area contributed by atoms with E-state index < -0.39 is 10.0 Å². The molecule has 0 bridgehead atoms. The van der Waals surface area contributed by atoms with Crippen molar-refractivity contribution in [1.29, 1.82) is 0 Å². The molecular formula is C14H20ClNO3S. The highest BCUT2D eigenvalue weighted by Gasteiger charge is 2.35. The second-order valence-corrected chi connectivity index (χ2v) is 7.22. The Bertz CT molecular complexity index is 544. The van der Waals surface area contributed by atoms with Crippen LogP contribution in [0.1, 0.15) is 25.8 Å². The number of hydrogen-bond donors (Lipinski definition) is 0. The maximum atomic E-state index is 12.7. The van der Waals surface area contributed by atoms with Crippen LogP contribution in [-0.2, 0) is 20.6 Å². The molecule has 1 aromatic carbocycles. The van der Waals surface area contributed by atoms with Gasteiger partial charge in [-0.05, 0) is 31.0 Å². The molecule has 1 aliphatic heterocycles. The first-order valence-corrected chi connectivity index (χ1v) is 8.74. The zero-order valence-corrected chi connectivity index (χ0v) is 13.3. The van der Waals surface area contributed by atoms with E-state index in [9.17, 15) is 8.42 Å². The van der Waals surface area contributed by atoms with Crippen LogP contribution in [0, 0.1) is 0 Å². The van der Waals surface area contributed by atoms with E-state index >= 15 is 0 Å². The Morgan fingerprint density at radius 2 is 2.00 bits per heavy atom. The summed E-state index contributed by atoms with van der Waals surface area (Å²) in [6.07, 6.45) is 0.667. The number of ether oxygens (including phenoxy) is 1. The van der Waals surface area contributed by atoms with E-state index in [-0.39, 0.29) is 12.1 Å². The molecule has 1 aliphatic rings. The van der Waals surface area contributed by atoms with Gasteiger partial charge in [-0.25, -0.2) is 8.42 Å². The minimum Gasteiger partial charge on any atom is -0.375 e. The summed E-state index contributed by atoms with van der Waals surface area (Å²) in [4.78, 5) is 0.318. The number of hydrogen-bond acceptors (Lipinski definition) is 3. The molecule has 0 aliphatic carbocycles. The molecule has 1 heterocycles. The first kappa shape index (κ1) is 15.8. The number of halogens is 1. The van der Waals surface area contributed by atoms with Gasteiger partial charge in [0.2, 0.25) is 10.0 Å². The van der Waals surface area contributed by atoms with Gasteiger partial charge in [-0.3, -0.25) is 0 Å². The van der Waals surface area contributed by atoms with Crippen molar-refractivity contribution in [3.05, 3.63) is 29.8 Å². The summed E-state index contributed by atoms with van der Waals surface area (Å²) >= 11 is 5.73. The lowest BCUT2D eigenvalue weighted by atomic mass is 10.2. The fourth-order valence-electron chi connectivity index (χ4n) is 2.32. The van der Waals surface area contributed by atoms with Gasteiger partial charge in [0.1, 0.15) is 0 Å². The molecule has 112 valence electrons. The van der Waals surface area contributed by atoms with Gasteiger partial charge in [0.15, 0.2) is 0 Å². The highest BCUT2D eigenvalue weighted by molar-refractivity contribution is 7.89. The van der Waals surface area contributed by atoms with Gasteiger partial charge in [-0.2, -0.15) is 4.31 Å². The Balaban J connectivity index is 2.31. The van der Waals surface area contributed by atoms with Crippen molar-refractivity contribution in [2.24, 2.45) is 0 Å². The third-order valence-electron chi connectivity index (χ3n) is 3.57. The van der Waals surface area contributed by atoms with Crippen LogP contribution in [0.15, 0.2) is 29.2 Å². The fourth-order valence-corrected chi connectivity index (χ4v) is 4.25. The van der Waals surface area contributed by atoms with E-state index in [1.54, 1.807) is 28.6 Å². The van der Waals surface area contributed by atoms with E-state index in [0.29, 0.717) is 23.9 Å². The van der Waals surface area contributed by atoms with E-state index in [1.165, 1.54) is 0 Å². The largest absolute Gasteiger partial charge is 0.375 e. The lowest BCUT2D eigenvalue weighted by molar-refractivity contribution is -0.0230. The van der Waals surface area contributed by atoms with Crippen LogP contribution in [0.25, 0.3) is 0 Å². The van der Waals surface area contributed by atoms with Crippen LogP contribution in [0.5, 0.6) is 0 Å². The summed E-state index contributed by atoms with van der Waals surface area (Å²) in [5.41, 5.74) is 0.910. The van der Waals surface area contributed by atoms with Gasteiger partial charge in [-0.15, -0.1) is 11.6 Å². The topological polar surface area (TPSA) is 46.6 Å². The molecule has 1 fully saturated rings. The number of alkyl halides is 1. The summed E-state index contributed by atoms with van der Waals surface area (Å²) in [6, 6.07) is 6.67. The molecular weight excluding hydrogens is 298 g/mol. The highest BCUT2D eigenvalue weighted by atomic mass is 35.5. The van der Waals surface area contributed by atoms with Crippen LogP contribution < -0.4 is 0 Å². The molecule has 0 saturated carbocycles.